The Morgan fingerprint density at radius 2 is 1.74 bits per heavy atom. The van der Waals surface area contributed by atoms with Crippen molar-refractivity contribution in [3.8, 4) is 0 Å². The second kappa shape index (κ2) is 9.12. The Labute approximate surface area is 202 Å². The monoisotopic (exact) mass is 467 g/mol. The van der Waals surface area contributed by atoms with Gasteiger partial charge in [0.05, 0.1) is 11.7 Å². The summed E-state index contributed by atoms with van der Waals surface area (Å²) in [4.78, 5) is 15.7. The van der Waals surface area contributed by atoms with Gasteiger partial charge in [-0.2, -0.15) is 13.9 Å². The Kier molecular flexibility index (Phi) is 6.32. The van der Waals surface area contributed by atoms with Crippen LogP contribution in [0.15, 0.2) is 24.3 Å². The van der Waals surface area contributed by atoms with Crippen molar-refractivity contribution in [2.24, 2.45) is 0 Å². The molecule has 2 saturated heterocycles. The third-order valence-electron chi connectivity index (χ3n) is 8.14. The van der Waals surface area contributed by atoms with Crippen molar-refractivity contribution in [1.82, 2.24) is 14.7 Å². The van der Waals surface area contributed by atoms with E-state index in [4.69, 9.17) is 0 Å². The van der Waals surface area contributed by atoms with Crippen LogP contribution < -0.4 is 0 Å². The fourth-order valence-electron chi connectivity index (χ4n) is 6.47. The number of alkyl halides is 2. The smallest absolute Gasteiger partial charge is 0.286 e. The number of halogens is 2. The minimum absolute atomic E-state index is 0.0123. The summed E-state index contributed by atoms with van der Waals surface area (Å²) < 4.78 is 30.1. The van der Waals surface area contributed by atoms with E-state index < -0.39 is 5.92 Å². The highest BCUT2D eigenvalue weighted by molar-refractivity contribution is 6.61. The number of benzene rings is 1. The molecule has 0 bridgehead atoms. The van der Waals surface area contributed by atoms with Crippen LogP contribution in [0.5, 0.6) is 0 Å². The molecular weight excluding hydrogens is 431 g/mol. The van der Waals surface area contributed by atoms with Crippen molar-refractivity contribution in [2.75, 3.05) is 6.54 Å². The number of rotatable bonds is 6. The number of aromatic nitrogens is 2. The topological polar surface area (TPSA) is 38.1 Å². The van der Waals surface area contributed by atoms with Gasteiger partial charge in [0.1, 0.15) is 19.0 Å². The molecule has 3 fully saturated rings. The average molecular weight is 467 g/mol. The van der Waals surface area contributed by atoms with E-state index >= 15 is 0 Å². The van der Waals surface area contributed by atoms with Crippen LogP contribution in [0.25, 0.3) is 0 Å². The summed E-state index contributed by atoms with van der Waals surface area (Å²) in [6, 6.07) is 8.12. The number of carbonyl (C=O) groups excluding carboxylic acids is 1. The second-order valence-corrected chi connectivity index (χ2v) is 11.1. The number of aryl methyl sites for hydroxylation is 2. The highest BCUT2D eigenvalue weighted by Gasteiger charge is 2.44. The molecule has 2 aliphatic heterocycles. The lowest BCUT2D eigenvalue weighted by Crippen LogP contribution is -2.37. The number of carbonyl (C=O) groups is 1. The van der Waals surface area contributed by atoms with Crippen LogP contribution in [-0.2, 0) is 17.3 Å². The molecule has 2 unspecified atom stereocenters. The molecule has 0 spiro atoms. The summed E-state index contributed by atoms with van der Waals surface area (Å²) in [6.45, 7) is 6.29. The number of nitrogens with zero attached hydrogens (tertiary/aromatic N) is 3. The molecule has 4 nitrogen and oxygen atoms in total. The lowest BCUT2D eigenvalue weighted by molar-refractivity contribution is -0.133. The van der Waals surface area contributed by atoms with Gasteiger partial charge in [-0.1, -0.05) is 61.2 Å². The Morgan fingerprint density at radius 1 is 1.06 bits per heavy atom. The Bertz CT molecular complexity index is 1030. The zero-order valence-electron chi connectivity index (χ0n) is 20.7. The molecule has 2 atom stereocenters. The molecule has 0 N–H and O–H groups in total. The molecule has 3 aliphatic rings. The van der Waals surface area contributed by atoms with Crippen molar-refractivity contribution in [2.45, 2.75) is 102 Å². The lowest BCUT2D eigenvalue weighted by atomic mass is 9.33. The quantitative estimate of drug-likeness (QED) is 0.454. The van der Waals surface area contributed by atoms with Gasteiger partial charge in [-0.15, -0.1) is 0 Å². The molecule has 2 aromatic rings. The average Bonchev–Trinajstić information content (AvgIpc) is 3.37. The van der Waals surface area contributed by atoms with Crippen molar-refractivity contribution < 1.29 is 13.6 Å². The van der Waals surface area contributed by atoms with Crippen LogP contribution in [0.1, 0.15) is 85.5 Å². The Balaban J connectivity index is 1.45. The van der Waals surface area contributed by atoms with E-state index in [9.17, 15) is 13.6 Å². The molecule has 1 saturated carbocycles. The minimum Gasteiger partial charge on any atom is -0.334 e. The van der Waals surface area contributed by atoms with Gasteiger partial charge in [-0.3, -0.25) is 9.48 Å². The van der Waals surface area contributed by atoms with Gasteiger partial charge < -0.3 is 4.90 Å². The van der Waals surface area contributed by atoms with Crippen LogP contribution in [0.4, 0.5) is 8.78 Å². The molecule has 1 aromatic heterocycles. The van der Waals surface area contributed by atoms with E-state index in [2.05, 4.69) is 37.1 Å². The van der Waals surface area contributed by atoms with Gasteiger partial charge in [0.15, 0.2) is 0 Å². The van der Waals surface area contributed by atoms with Crippen molar-refractivity contribution >= 4 is 12.6 Å². The van der Waals surface area contributed by atoms with Gasteiger partial charge in [-0.25, -0.2) is 0 Å². The second-order valence-electron chi connectivity index (χ2n) is 11.1. The van der Waals surface area contributed by atoms with E-state index in [1.807, 2.05) is 4.90 Å². The predicted molar refractivity (Wildman–Crippen MR) is 132 cm³/mol. The first-order valence-corrected chi connectivity index (χ1v) is 13.0. The maximum atomic E-state index is 14.4. The molecule has 3 heterocycles. The largest absolute Gasteiger partial charge is 0.334 e. The van der Waals surface area contributed by atoms with E-state index in [-0.39, 0.29) is 30.1 Å². The number of hydrogen-bond acceptors (Lipinski definition) is 2. The zero-order valence-corrected chi connectivity index (χ0v) is 20.7. The molecule has 7 heteroatoms. The van der Waals surface area contributed by atoms with Gasteiger partial charge in [0.25, 0.3) is 5.92 Å². The zero-order chi connectivity index (χ0) is 24.0. The molecule has 0 radical (unpaired) electrons. The SMILES string of the molecule is Cc1cc(C)cc(C2C(B3CCCCC3)CCN2C(=O)Cn2nc(C3CC3)cc2C(C)(F)F)c1. The molecular formula is C27H36BF2N3O. The van der Waals surface area contributed by atoms with E-state index in [0.717, 1.165) is 26.2 Å². The molecule has 1 aromatic carbocycles. The summed E-state index contributed by atoms with van der Waals surface area (Å²) in [6.07, 6.45) is 9.25. The lowest BCUT2D eigenvalue weighted by Gasteiger charge is -2.34. The molecule has 1 aliphatic carbocycles. The van der Waals surface area contributed by atoms with Gasteiger partial charge in [0.2, 0.25) is 5.91 Å². The molecule has 1 amide bonds. The third-order valence-corrected chi connectivity index (χ3v) is 8.14. The number of hydrogen-bond donors (Lipinski definition) is 0. The Morgan fingerprint density at radius 3 is 2.35 bits per heavy atom. The molecule has 182 valence electrons. The van der Waals surface area contributed by atoms with Gasteiger partial charge in [0, 0.05) is 19.4 Å². The van der Waals surface area contributed by atoms with Crippen LogP contribution >= 0.6 is 0 Å². The maximum Gasteiger partial charge on any atom is 0.286 e. The minimum atomic E-state index is -3.02. The highest BCUT2D eigenvalue weighted by Crippen LogP contribution is 2.47. The van der Waals surface area contributed by atoms with Crippen LogP contribution in [0.3, 0.4) is 0 Å². The van der Waals surface area contributed by atoms with Crippen LogP contribution in [0, 0.1) is 13.8 Å². The van der Waals surface area contributed by atoms with E-state index in [1.165, 1.54) is 59.3 Å². The maximum absolute atomic E-state index is 14.4. The normalized spacial score (nSPS) is 23.6. The van der Waals surface area contributed by atoms with Gasteiger partial charge >= 0.3 is 0 Å². The number of amides is 1. The van der Waals surface area contributed by atoms with Crippen molar-refractivity contribution in [3.05, 3.63) is 52.3 Å². The summed E-state index contributed by atoms with van der Waals surface area (Å²) in [7, 11) is 0. The summed E-state index contributed by atoms with van der Waals surface area (Å²) in [5.74, 6) is -2.43. The molecule has 5 rings (SSSR count). The van der Waals surface area contributed by atoms with Crippen molar-refractivity contribution in [1.29, 1.82) is 0 Å². The van der Waals surface area contributed by atoms with Crippen LogP contribution in [0.2, 0.25) is 18.5 Å². The predicted octanol–water partition coefficient (Wildman–Crippen LogP) is 6.51. The van der Waals surface area contributed by atoms with E-state index in [1.54, 1.807) is 0 Å². The van der Waals surface area contributed by atoms with Gasteiger partial charge in [-0.05, 0) is 50.6 Å². The first-order chi connectivity index (χ1) is 16.2. The third kappa shape index (κ3) is 4.80. The fraction of sp³-hybridized carbons (Fsp3) is 0.630. The van der Waals surface area contributed by atoms with Crippen LogP contribution in [-0.4, -0.2) is 33.8 Å². The summed E-state index contributed by atoms with van der Waals surface area (Å²) >= 11 is 0. The molecule has 34 heavy (non-hydrogen) atoms. The standard InChI is InChI=1S/C27H36BF2N3O/c1-18-13-19(2)15-21(14-18)26-22(28-10-5-4-6-11-28)9-12-32(26)25(34)17-33-24(27(3,29)30)16-23(31-33)20-7-8-20/h13-16,20,22,26H,4-12,17H2,1-3H3. The summed E-state index contributed by atoms with van der Waals surface area (Å²) in [5, 5.41) is 4.47. The Hall–Kier alpha value is -2.18. The fourth-order valence-corrected chi connectivity index (χ4v) is 6.47. The summed E-state index contributed by atoms with van der Waals surface area (Å²) in [5.41, 5.74) is 4.15. The first kappa shape index (κ1) is 23.6. The first-order valence-electron chi connectivity index (χ1n) is 13.0. The highest BCUT2D eigenvalue weighted by atomic mass is 19.3. The van der Waals surface area contributed by atoms with E-state index in [0.29, 0.717) is 24.8 Å². The van der Waals surface area contributed by atoms with Crippen molar-refractivity contribution in [3.63, 3.8) is 0 Å². The number of likely N-dealkylation sites (tertiary alicyclic amines) is 1.